The monoisotopic (exact) mass is 340 g/mol. The molecule has 0 radical (unpaired) electrons. The number of hydrogen-bond donors (Lipinski definition) is 0. The summed E-state index contributed by atoms with van der Waals surface area (Å²) in [6.07, 6.45) is 2.46. The SMILES string of the molecule is CC.CC.CC(C)Cc1cccs1.CC(C)Cc1ccsc1. The van der Waals surface area contributed by atoms with Gasteiger partial charge in [0.05, 0.1) is 0 Å². The zero-order valence-electron chi connectivity index (χ0n) is 15.8. The Morgan fingerprint density at radius 2 is 1.41 bits per heavy atom. The predicted molar refractivity (Wildman–Crippen MR) is 108 cm³/mol. The van der Waals surface area contributed by atoms with Crippen LogP contribution in [-0.2, 0) is 12.8 Å². The standard InChI is InChI=1S/2C8H12S.2C2H6/c1-7(2)5-8-3-4-9-6-8;1-7(2)6-8-4-3-5-9-8;2*1-2/h3-4,6-7H,5H2,1-2H3;3-5,7H,6H2,1-2H3;2*1-2H3. The maximum atomic E-state index is 2.25. The van der Waals surface area contributed by atoms with Gasteiger partial charge in [0.25, 0.3) is 0 Å². The Morgan fingerprint density at radius 3 is 1.77 bits per heavy atom. The molecule has 0 unspecified atom stereocenters. The summed E-state index contributed by atoms with van der Waals surface area (Å²) in [5.41, 5.74) is 1.48. The molecule has 2 heterocycles. The molecule has 22 heavy (non-hydrogen) atoms. The summed E-state index contributed by atoms with van der Waals surface area (Å²) in [5.74, 6) is 1.59. The maximum Gasteiger partial charge on any atom is 0.00477 e. The summed E-state index contributed by atoms with van der Waals surface area (Å²) in [7, 11) is 0. The Kier molecular flexibility index (Phi) is 18.0. The molecule has 2 heteroatoms. The minimum atomic E-state index is 0.791. The van der Waals surface area contributed by atoms with Crippen molar-refractivity contribution in [3.05, 3.63) is 44.8 Å². The Hall–Kier alpha value is -0.600. The number of rotatable bonds is 4. The first kappa shape index (κ1) is 23.7. The highest BCUT2D eigenvalue weighted by Gasteiger charge is 1.96. The fourth-order valence-electron chi connectivity index (χ4n) is 1.71. The lowest BCUT2D eigenvalue weighted by Gasteiger charge is -1.98. The van der Waals surface area contributed by atoms with E-state index in [-0.39, 0.29) is 0 Å². The molecule has 0 spiro atoms. The van der Waals surface area contributed by atoms with Crippen LogP contribution >= 0.6 is 22.7 Å². The molecule has 0 aromatic carbocycles. The van der Waals surface area contributed by atoms with Crippen LogP contribution in [0, 0.1) is 11.8 Å². The van der Waals surface area contributed by atoms with Crippen LogP contribution in [0.1, 0.15) is 65.8 Å². The van der Waals surface area contributed by atoms with Gasteiger partial charge in [0.15, 0.2) is 0 Å². The Balaban J connectivity index is 0. The van der Waals surface area contributed by atoms with Gasteiger partial charge in [-0.15, -0.1) is 11.3 Å². The van der Waals surface area contributed by atoms with Gasteiger partial charge < -0.3 is 0 Å². The average molecular weight is 341 g/mol. The Morgan fingerprint density at radius 1 is 0.818 bits per heavy atom. The van der Waals surface area contributed by atoms with E-state index in [4.69, 9.17) is 0 Å². The molecule has 0 aliphatic heterocycles. The smallest absolute Gasteiger partial charge is 0.00477 e. The van der Waals surface area contributed by atoms with Crippen LogP contribution in [0.15, 0.2) is 34.3 Å². The first-order valence-electron chi connectivity index (χ1n) is 8.61. The summed E-state index contributed by atoms with van der Waals surface area (Å²) < 4.78 is 0. The molecular weight excluding hydrogens is 304 g/mol. The van der Waals surface area contributed by atoms with E-state index in [9.17, 15) is 0 Å². The molecule has 128 valence electrons. The second-order valence-corrected chi connectivity index (χ2v) is 7.22. The van der Waals surface area contributed by atoms with Crippen molar-refractivity contribution in [2.45, 2.75) is 68.2 Å². The van der Waals surface area contributed by atoms with E-state index in [1.807, 2.05) is 39.0 Å². The van der Waals surface area contributed by atoms with Crippen molar-refractivity contribution in [1.82, 2.24) is 0 Å². The van der Waals surface area contributed by atoms with Crippen LogP contribution in [0.5, 0.6) is 0 Å². The van der Waals surface area contributed by atoms with Crippen molar-refractivity contribution >= 4 is 22.7 Å². The van der Waals surface area contributed by atoms with Crippen LogP contribution in [0.3, 0.4) is 0 Å². The molecule has 0 aliphatic carbocycles. The van der Waals surface area contributed by atoms with Crippen LogP contribution in [0.25, 0.3) is 0 Å². The Labute approximate surface area is 147 Å². The van der Waals surface area contributed by atoms with Gasteiger partial charge in [0.1, 0.15) is 0 Å². The molecule has 0 nitrogen and oxygen atoms in total. The Bertz CT molecular complexity index is 343. The lowest BCUT2D eigenvalue weighted by molar-refractivity contribution is 0.648. The average Bonchev–Trinajstić information content (AvgIpc) is 3.17. The van der Waals surface area contributed by atoms with E-state index in [0.29, 0.717) is 0 Å². The van der Waals surface area contributed by atoms with Gasteiger partial charge in [-0.05, 0) is 58.5 Å². The maximum absolute atomic E-state index is 2.25. The summed E-state index contributed by atoms with van der Waals surface area (Å²) in [6, 6.07) is 6.51. The van der Waals surface area contributed by atoms with Crippen molar-refractivity contribution in [1.29, 1.82) is 0 Å². The quantitative estimate of drug-likeness (QED) is 0.529. The van der Waals surface area contributed by atoms with Crippen LogP contribution in [0.2, 0.25) is 0 Å². The van der Waals surface area contributed by atoms with E-state index in [1.165, 1.54) is 23.3 Å². The van der Waals surface area contributed by atoms with Crippen molar-refractivity contribution < 1.29 is 0 Å². The number of thiophene rings is 2. The third-order valence-corrected chi connectivity index (χ3v) is 4.04. The van der Waals surface area contributed by atoms with E-state index < -0.39 is 0 Å². The summed E-state index contributed by atoms with van der Waals surface area (Å²) in [4.78, 5) is 1.50. The van der Waals surface area contributed by atoms with E-state index in [2.05, 4.69) is 62.0 Å². The summed E-state index contributed by atoms with van der Waals surface area (Å²) >= 11 is 3.63. The van der Waals surface area contributed by atoms with Crippen molar-refractivity contribution in [3.8, 4) is 0 Å². The van der Waals surface area contributed by atoms with Gasteiger partial charge in [-0.2, -0.15) is 11.3 Å². The van der Waals surface area contributed by atoms with Crippen molar-refractivity contribution in [3.63, 3.8) is 0 Å². The van der Waals surface area contributed by atoms with Gasteiger partial charge in [-0.1, -0.05) is 61.5 Å². The fourth-order valence-corrected chi connectivity index (χ4v) is 3.31. The van der Waals surface area contributed by atoms with Gasteiger partial charge in [0.2, 0.25) is 0 Å². The van der Waals surface area contributed by atoms with Gasteiger partial charge >= 0.3 is 0 Å². The molecule has 0 aliphatic rings. The third-order valence-electron chi connectivity index (χ3n) is 2.41. The van der Waals surface area contributed by atoms with Crippen LogP contribution < -0.4 is 0 Å². The molecule has 2 aromatic heterocycles. The second-order valence-electron chi connectivity index (χ2n) is 5.41. The fraction of sp³-hybridized carbons (Fsp3) is 0.600. The highest BCUT2D eigenvalue weighted by Crippen LogP contribution is 2.13. The van der Waals surface area contributed by atoms with Crippen LogP contribution in [-0.4, -0.2) is 0 Å². The minimum absolute atomic E-state index is 0.791. The molecule has 0 bridgehead atoms. The van der Waals surface area contributed by atoms with Gasteiger partial charge in [0, 0.05) is 4.88 Å². The highest BCUT2D eigenvalue weighted by atomic mass is 32.1. The molecule has 0 saturated heterocycles. The minimum Gasteiger partial charge on any atom is -0.152 e. The molecule has 0 saturated carbocycles. The van der Waals surface area contributed by atoms with Crippen molar-refractivity contribution in [2.24, 2.45) is 11.8 Å². The lowest BCUT2D eigenvalue weighted by Crippen LogP contribution is -1.90. The first-order valence-corrected chi connectivity index (χ1v) is 10.4. The third kappa shape index (κ3) is 14.3. The topological polar surface area (TPSA) is 0 Å². The molecule has 0 fully saturated rings. The first-order chi connectivity index (χ1) is 10.6. The second kappa shape index (κ2) is 16.8. The lowest BCUT2D eigenvalue weighted by atomic mass is 10.1. The van der Waals surface area contributed by atoms with Gasteiger partial charge in [-0.25, -0.2) is 0 Å². The predicted octanol–water partition coefficient (Wildman–Crippen LogP) is 7.95. The molecular formula is C20H36S2. The van der Waals surface area contributed by atoms with Gasteiger partial charge in [-0.3, -0.25) is 0 Å². The highest BCUT2D eigenvalue weighted by molar-refractivity contribution is 7.09. The van der Waals surface area contributed by atoms with E-state index in [1.54, 1.807) is 11.3 Å². The molecule has 2 rings (SSSR count). The normalized spacial score (nSPS) is 9.18. The van der Waals surface area contributed by atoms with Crippen LogP contribution in [0.4, 0.5) is 0 Å². The summed E-state index contributed by atoms with van der Waals surface area (Å²) in [5, 5.41) is 6.50. The zero-order chi connectivity index (χ0) is 17.4. The molecule has 0 amide bonds. The van der Waals surface area contributed by atoms with E-state index >= 15 is 0 Å². The zero-order valence-corrected chi connectivity index (χ0v) is 17.5. The number of hydrogen-bond acceptors (Lipinski definition) is 2. The molecule has 0 N–H and O–H groups in total. The summed E-state index contributed by atoms with van der Waals surface area (Å²) in [6.45, 7) is 17.0. The molecule has 2 aromatic rings. The van der Waals surface area contributed by atoms with E-state index in [0.717, 1.165) is 11.8 Å². The largest absolute Gasteiger partial charge is 0.152 e. The van der Waals surface area contributed by atoms with Crippen molar-refractivity contribution in [2.75, 3.05) is 0 Å². The molecule has 0 atom stereocenters.